The van der Waals surface area contributed by atoms with Crippen LogP contribution in [0.2, 0.25) is 0 Å². The second kappa shape index (κ2) is 8.95. The maximum Gasteiger partial charge on any atom is 0.220 e. The lowest BCUT2D eigenvalue weighted by molar-refractivity contribution is -0.121. The Morgan fingerprint density at radius 3 is 2.39 bits per heavy atom. The fourth-order valence-corrected chi connectivity index (χ4v) is 4.10. The Labute approximate surface area is 168 Å². The van der Waals surface area contributed by atoms with Gasteiger partial charge in [-0.15, -0.1) is 0 Å². The quantitative estimate of drug-likeness (QED) is 0.744. The van der Waals surface area contributed by atoms with Crippen LogP contribution < -0.4 is 5.32 Å². The van der Waals surface area contributed by atoms with Gasteiger partial charge in [-0.1, -0.05) is 24.3 Å². The molecule has 2 aromatic rings. The number of amides is 1. The molecule has 2 aliphatic rings. The van der Waals surface area contributed by atoms with Crippen molar-refractivity contribution in [3.05, 3.63) is 59.0 Å². The number of benzene rings is 1. The monoisotopic (exact) mass is 380 g/mol. The van der Waals surface area contributed by atoms with Crippen molar-refractivity contribution in [3.63, 3.8) is 0 Å². The summed E-state index contributed by atoms with van der Waals surface area (Å²) in [6.45, 7) is 5.24. The summed E-state index contributed by atoms with van der Waals surface area (Å²) in [5.74, 6) is 3.04. The van der Waals surface area contributed by atoms with Crippen LogP contribution in [-0.4, -0.2) is 29.9 Å². The van der Waals surface area contributed by atoms with Crippen LogP contribution in [0.3, 0.4) is 0 Å². The summed E-state index contributed by atoms with van der Waals surface area (Å²) in [5.41, 5.74) is 2.68. The number of carbonyl (C=O) groups is 1. The Hall–Kier alpha value is -2.07. The van der Waals surface area contributed by atoms with Crippen LogP contribution in [0, 0.1) is 12.8 Å². The Kier molecular flexibility index (Phi) is 6.16. The van der Waals surface area contributed by atoms with Gasteiger partial charge in [0.2, 0.25) is 5.91 Å². The first-order valence-corrected chi connectivity index (χ1v) is 10.8. The molecule has 1 aliphatic carbocycles. The average molecular weight is 381 g/mol. The van der Waals surface area contributed by atoms with Crippen molar-refractivity contribution >= 4 is 5.91 Å². The molecular weight excluding hydrogens is 348 g/mol. The van der Waals surface area contributed by atoms with E-state index in [-0.39, 0.29) is 5.91 Å². The number of furan rings is 1. The Morgan fingerprint density at radius 1 is 1.04 bits per heavy atom. The van der Waals surface area contributed by atoms with E-state index < -0.39 is 0 Å². The molecule has 28 heavy (non-hydrogen) atoms. The fraction of sp³-hybridized carbons (Fsp3) is 0.542. The molecule has 150 valence electrons. The minimum atomic E-state index is 0.197. The second-order valence-electron chi connectivity index (χ2n) is 8.59. The molecule has 1 amide bonds. The van der Waals surface area contributed by atoms with Crippen molar-refractivity contribution in [1.82, 2.24) is 10.2 Å². The standard InChI is InChI=1S/C24H32N2O2/c1-18-2-10-23(28-18)17-26-14-12-21(13-15-26)16-20-5-3-19(4-6-20)7-11-24(27)25-22-8-9-22/h2-6,10,21-22H,7-9,11-17H2,1H3,(H,25,27). The predicted octanol–water partition coefficient (Wildman–Crippen LogP) is 4.25. The van der Waals surface area contributed by atoms with Gasteiger partial charge in [0.1, 0.15) is 11.5 Å². The van der Waals surface area contributed by atoms with Crippen LogP contribution >= 0.6 is 0 Å². The number of carbonyl (C=O) groups excluding carboxylic acids is 1. The van der Waals surface area contributed by atoms with Crippen LogP contribution in [0.5, 0.6) is 0 Å². The molecule has 4 heteroatoms. The molecule has 0 bridgehead atoms. The zero-order chi connectivity index (χ0) is 19.3. The van der Waals surface area contributed by atoms with Crippen LogP contribution in [0.25, 0.3) is 0 Å². The molecule has 4 rings (SSSR count). The molecule has 0 unspecified atom stereocenters. The molecule has 1 aromatic heterocycles. The highest BCUT2D eigenvalue weighted by Crippen LogP contribution is 2.24. The van der Waals surface area contributed by atoms with Crippen LogP contribution in [0.15, 0.2) is 40.8 Å². The molecule has 0 spiro atoms. The van der Waals surface area contributed by atoms with Crippen LogP contribution in [0.1, 0.15) is 54.8 Å². The van der Waals surface area contributed by atoms with Gasteiger partial charge in [-0.25, -0.2) is 0 Å². The number of likely N-dealkylation sites (tertiary alicyclic amines) is 1. The lowest BCUT2D eigenvalue weighted by Gasteiger charge is -2.31. The lowest BCUT2D eigenvalue weighted by atomic mass is 9.89. The molecule has 1 aromatic carbocycles. The molecule has 2 fully saturated rings. The Morgan fingerprint density at radius 2 is 1.75 bits per heavy atom. The van der Waals surface area contributed by atoms with E-state index in [0.29, 0.717) is 12.5 Å². The third-order valence-corrected chi connectivity index (χ3v) is 6.01. The maximum absolute atomic E-state index is 11.8. The lowest BCUT2D eigenvalue weighted by Crippen LogP contribution is -2.33. The summed E-state index contributed by atoms with van der Waals surface area (Å²) in [4.78, 5) is 14.3. The van der Waals surface area contributed by atoms with E-state index in [0.717, 1.165) is 62.8 Å². The Bertz CT molecular complexity index is 768. The van der Waals surface area contributed by atoms with Gasteiger partial charge < -0.3 is 9.73 Å². The van der Waals surface area contributed by atoms with Gasteiger partial charge >= 0.3 is 0 Å². The highest BCUT2D eigenvalue weighted by atomic mass is 16.3. The molecule has 0 atom stereocenters. The summed E-state index contributed by atoms with van der Waals surface area (Å²) in [7, 11) is 0. The average Bonchev–Trinajstić information content (AvgIpc) is 3.42. The van der Waals surface area contributed by atoms with Gasteiger partial charge in [-0.05, 0) is 87.7 Å². The number of nitrogens with zero attached hydrogens (tertiary/aromatic N) is 1. The van der Waals surface area contributed by atoms with Gasteiger partial charge in [0, 0.05) is 12.5 Å². The molecule has 1 N–H and O–H groups in total. The smallest absolute Gasteiger partial charge is 0.220 e. The molecule has 2 heterocycles. The number of hydrogen-bond donors (Lipinski definition) is 1. The third-order valence-electron chi connectivity index (χ3n) is 6.01. The zero-order valence-corrected chi connectivity index (χ0v) is 17.0. The van der Waals surface area contributed by atoms with Gasteiger partial charge in [0.05, 0.1) is 6.54 Å². The minimum Gasteiger partial charge on any atom is -0.465 e. The maximum atomic E-state index is 11.8. The van der Waals surface area contributed by atoms with Crippen LogP contribution in [-0.2, 0) is 24.2 Å². The second-order valence-corrected chi connectivity index (χ2v) is 8.59. The molecule has 0 radical (unpaired) electrons. The first-order chi connectivity index (χ1) is 13.6. The number of piperidine rings is 1. The summed E-state index contributed by atoms with van der Waals surface area (Å²) >= 11 is 0. The minimum absolute atomic E-state index is 0.197. The van der Waals surface area contributed by atoms with Gasteiger partial charge in [-0.2, -0.15) is 0 Å². The van der Waals surface area contributed by atoms with Crippen molar-refractivity contribution in [3.8, 4) is 0 Å². The van der Waals surface area contributed by atoms with Crippen LogP contribution in [0.4, 0.5) is 0 Å². The van der Waals surface area contributed by atoms with Crippen molar-refractivity contribution in [2.45, 2.75) is 64.5 Å². The predicted molar refractivity (Wildman–Crippen MR) is 111 cm³/mol. The fourth-order valence-electron chi connectivity index (χ4n) is 4.10. The molecule has 4 nitrogen and oxygen atoms in total. The first-order valence-electron chi connectivity index (χ1n) is 10.8. The highest BCUT2D eigenvalue weighted by Gasteiger charge is 2.23. The van der Waals surface area contributed by atoms with Gasteiger partial charge in [0.25, 0.3) is 0 Å². The van der Waals surface area contributed by atoms with E-state index in [1.54, 1.807) is 0 Å². The number of rotatable bonds is 8. The third kappa shape index (κ3) is 5.71. The Balaban J connectivity index is 1.18. The van der Waals surface area contributed by atoms with E-state index in [4.69, 9.17) is 4.42 Å². The number of nitrogens with one attached hydrogen (secondary N) is 1. The van der Waals surface area contributed by atoms with E-state index in [2.05, 4.69) is 40.5 Å². The molecular formula is C24H32N2O2. The van der Waals surface area contributed by atoms with Crippen molar-refractivity contribution in [2.75, 3.05) is 13.1 Å². The normalized spacial score (nSPS) is 18.3. The topological polar surface area (TPSA) is 45.5 Å². The van der Waals surface area contributed by atoms with Gasteiger partial charge in [-0.3, -0.25) is 9.69 Å². The SMILES string of the molecule is Cc1ccc(CN2CCC(Cc3ccc(CCC(=O)NC4CC4)cc3)CC2)o1. The largest absolute Gasteiger partial charge is 0.465 e. The summed E-state index contributed by atoms with van der Waals surface area (Å²) in [6.07, 6.45) is 7.42. The molecule has 1 saturated carbocycles. The first kappa shape index (κ1) is 19.3. The summed E-state index contributed by atoms with van der Waals surface area (Å²) in [6, 6.07) is 13.5. The van der Waals surface area contributed by atoms with Crippen molar-refractivity contribution in [1.29, 1.82) is 0 Å². The van der Waals surface area contributed by atoms with E-state index in [1.807, 2.05) is 13.0 Å². The number of aryl methyl sites for hydroxylation is 2. The highest BCUT2D eigenvalue weighted by molar-refractivity contribution is 5.76. The molecule has 1 aliphatic heterocycles. The van der Waals surface area contributed by atoms with Crippen molar-refractivity contribution < 1.29 is 9.21 Å². The van der Waals surface area contributed by atoms with E-state index in [1.165, 1.54) is 24.0 Å². The summed E-state index contributed by atoms with van der Waals surface area (Å²) < 4.78 is 5.71. The van der Waals surface area contributed by atoms with E-state index in [9.17, 15) is 4.79 Å². The van der Waals surface area contributed by atoms with E-state index >= 15 is 0 Å². The van der Waals surface area contributed by atoms with Crippen molar-refractivity contribution in [2.24, 2.45) is 5.92 Å². The van der Waals surface area contributed by atoms with Gasteiger partial charge in [0.15, 0.2) is 0 Å². The number of hydrogen-bond acceptors (Lipinski definition) is 3. The zero-order valence-electron chi connectivity index (χ0n) is 17.0. The summed E-state index contributed by atoms with van der Waals surface area (Å²) in [5, 5.41) is 3.06. The molecule has 1 saturated heterocycles.